The van der Waals surface area contributed by atoms with Gasteiger partial charge in [-0.1, -0.05) is 6.07 Å². The average molecular weight is 245 g/mol. The van der Waals surface area contributed by atoms with Gasteiger partial charge in [0.2, 0.25) is 5.91 Å². The second-order valence-electron chi connectivity index (χ2n) is 4.81. The van der Waals surface area contributed by atoms with E-state index >= 15 is 0 Å². The molecule has 0 aliphatic carbocycles. The lowest BCUT2D eigenvalue weighted by Gasteiger charge is -2.22. The van der Waals surface area contributed by atoms with Crippen LogP contribution in [0.15, 0.2) is 24.5 Å². The van der Waals surface area contributed by atoms with Gasteiger partial charge in [-0.05, 0) is 24.6 Å². The molecule has 0 spiro atoms. The maximum atomic E-state index is 12.2. The second-order valence-corrected chi connectivity index (χ2v) is 4.81. The highest BCUT2D eigenvalue weighted by Gasteiger charge is 2.45. The maximum Gasteiger partial charge on any atom is 0.227 e. The van der Waals surface area contributed by atoms with Crippen molar-refractivity contribution in [1.29, 1.82) is 0 Å². The summed E-state index contributed by atoms with van der Waals surface area (Å²) >= 11 is 0. The van der Waals surface area contributed by atoms with Crippen molar-refractivity contribution < 1.29 is 9.59 Å². The number of carbonyl (C=O) groups is 2. The highest BCUT2D eigenvalue weighted by molar-refractivity contribution is 5.95. The van der Waals surface area contributed by atoms with E-state index in [1.807, 2.05) is 12.1 Å². The third-order valence-corrected chi connectivity index (χ3v) is 3.66. The zero-order valence-electron chi connectivity index (χ0n) is 10.0. The van der Waals surface area contributed by atoms with Gasteiger partial charge in [0, 0.05) is 12.4 Å². The monoisotopic (exact) mass is 245 g/mol. The van der Waals surface area contributed by atoms with Crippen LogP contribution in [0, 0.1) is 0 Å². The van der Waals surface area contributed by atoms with Crippen molar-refractivity contribution in [3.05, 3.63) is 30.1 Å². The number of fused-ring (bicyclic) bond motifs is 1. The fraction of sp³-hybridized carbons (Fsp3) is 0.462. The van der Waals surface area contributed by atoms with Gasteiger partial charge in [0.25, 0.3) is 0 Å². The van der Waals surface area contributed by atoms with Crippen LogP contribution < -0.4 is 5.32 Å². The predicted molar refractivity (Wildman–Crippen MR) is 64.9 cm³/mol. The van der Waals surface area contributed by atoms with Gasteiger partial charge in [-0.3, -0.25) is 14.6 Å². The molecule has 1 aromatic rings. The molecule has 0 saturated carbocycles. The Morgan fingerprint density at radius 2 is 2.44 bits per heavy atom. The molecule has 3 heterocycles. The van der Waals surface area contributed by atoms with Gasteiger partial charge in [-0.15, -0.1) is 0 Å². The predicted octanol–water partition coefficient (Wildman–Crippen LogP) is -0.234. The summed E-state index contributed by atoms with van der Waals surface area (Å²) in [5.74, 6) is 0.157. The summed E-state index contributed by atoms with van der Waals surface area (Å²) in [6.45, 7) is 1.07. The quantitative estimate of drug-likeness (QED) is 0.781. The lowest BCUT2D eigenvalue weighted by atomic mass is 10.1. The first-order chi connectivity index (χ1) is 8.75. The van der Waals surface area contributed by atoms with Gasteiger partial charge in [0.15, 0.2) is 5.78 Å². The first-order valence-corrected chi connectivity index (χ1v) is 6.20. The van der Waals surface area contributed by atoms with Crippen LogP contribution in [0.4, 0.5) is 0 Å². The highest BCUT2D eigenvalue weighted by atomic mass is 16.2. The minimum Gasteiger partial charge on any atom is -0.330 e. The Hall–Kier alpha value is -1.75. The van der Waals surface area contributed by atoms with E-state index in [0.29, 0.717) is 6.42 Å². The van der Waals surface area contributed by atoms with Crippen molar-refractivity contribution in [2.75, 3.05) is 13.1 Å². The number of carbonyl (C=O) groups excluding carboxylic acids is 2. The Balaban J connectivity index is 1.72. The highest BCUT2D eigenvalue weighted by Crippen LogP contribution is 2.23. The molecule has 0 aromatic carbocycles. The Labute approximate surface area is 105 Å². The molecule has 1 N–H and O–H groups in total. The van der Waals surface area contributed by atoms with Gasteiger partial charge in [0.1, 0.15) is 0 Å². The standard InChI is InChI=1S/C13H15N3O2/c17-11-8-16(10-3-5-15-13(10)11)12(18)6-9-2-1-4-14-7-9/h1-2,4,7,10,13,15H,3,5-6,8H2. The molecule has 3 rings (SSSR count). The molecule has 2 saturated heterocycles. The Morgan fingerprint density at radius 1 is 1.56 bits per heavy atom. The molecule has 2 aliphatic heterocycles. The number of pyridine rings is 1. The van der Waals surface area contributed by atoms with Gasteiger partial charge in [0.05, 0.1) is 25.0 Å². The van der Waals surface area contributed by atoms with E-state index in [0.717, 1.165) is 18.5 Å². The Bertz CT molecular complexity index is 474. The van der Waals surface area contributed by atoms with Crippen molar-refractivity contribution in [1.82, 2.24) is 15.2 Å². The minimum absolute atomic E-state index is 0.0209. The van der Waals surface area contributed by atoms with Crippen molar-refractivity contribution in [2.45, 2.75) is 24.9 Å². The summed E-state index contributed by atoms with van der Waals surface area (Å²) in [5, 5.41) is 3.16. The first kappa shape index (κ1) is 11.3. The molecule has 5 nitrogen and oxygen atoms in total. The molecule has 0 bridgehead atoms. The van der Waals surface area contributed by atoms with E-state index in [1.165, 1.54) is 0 Å². The van der Waals surface area contributed by atoms with E-state index in [1.54, 1.807) is 17.3 Å². The maximum absolute atomic E-state index is 12.2. The fourth-order valence-corrected chi connectivity index (χ4v) is 2.79. The number of aromatic nitrogens is 1. The van der Waals surface area contributed by atoms with E-state index < -0.39 is 0 Å². The average Bonchev–Trinajstić information content (AvgIpc) is 2.95. The number of hydrogen-bond donors (Lipinski definition) is 1. The summed E-state index contributed by atoms with van der Waals surface area (Å²) in [7, 11) is 0. The van der Waals surface area contributed by atoms with Crippen LogP contribution in [-0.4, -0.2) is 46.7 Å². The largest absolute Gasteiger partial charge is 0.330 e. The third-order valence-electron chi connectivity index (χ3n) is 3.66. The van der Waals surface area contributed by atoms with Crippen LogP contribution >= 0.6 is 0 Å². The van der Waals surface area contributed by atoms with Crippen molar-refractivity contribution in [3.8, 4) is 0 Å². The normalized spacial score (nSPS) is 26.4. The van der Waals surface area contributed by atoms with Crippen LogP contribution in [0.2, 0.25) is 0 Å². The summed E-state index contributed by atoms with van der Waals surface area (Å²) in [5.41, 5.74) is 0.893. The number of nitrogens with one attached hydrogen (secondary N) is 1. The van der Waals surface area contributed by atoms with Crippen LogP contribution in [0.1, 0.15) is 12.0 Å². The Morgan fingerprint density at radius 3 is 3.22 bits per heavy atom. The molecule has 1 aromatic heterocycles. The van der Waals surface area contributed by atoms with E-state index in [4.69, 9.17) is 0 Å². The number of ketones is 1. The number of hydrogen-bond acceptors (Lipinski definition) is 4. The van der Waals surface area contributed by atoms with E-state index in [9.17, 15) is 9.59 Å². The van der Waals surface area contributed by atoms with Gasteiger partial charge in [-0.2, -0.15) is 0 Å². The zero-order chi connectivity index (χ0) is 12.5. The van der Waals surface area contributed by atoms with Crippen LogP contribution in [0.3, 0.4) is 0 Å². The Kier molecular flexibility index (Phi) is 2.83. The van der Waals surface area contributed by atoms with E-state index in [-0.39, 0.29) is 30.3 Å². The molecule has 2 fully saturated rings. The summed E-state index contributed by atoms with van der Waals surface area (Å²) in [6.07, 6.45) is 4.57. The topological polar surface area (TPSA) is 62.3 Å². The molecule has 1 amide bonds. The SMILES string of the molecule is O=C1CN(C(=O)Cc2cccnc2)C2CCNC12. The van der Waals surface area contributed by atoms with Crippen molar-refractivity contribution >= 4 is 11.7 Å². The number of likely N-dealkylation sites (tertiary alicyclic amines) is 1. The molecule has 18 heavy (non-hydrogen) atoms. The van der Waals surface area contributed by atoms with Crippen molar-refractivity contribution in [3.63, 3.8) is 0 Å². The molecule has 2 atom stereocenters. The number of rotatable bonds is 2. The smallest absolute Gasteiger partial charge is 0.227 e. The van der Waals surface area contributed by atoms with Crippen LogP contribution in [0.25, 0.3) is 0 Å². The van der Waals surface area contributed by atoms with Gasteiger partial charge in [-0.25, -0.2) is 0 Å². The van der Waals surface area contributed by atoms with Crippen LogP contribution in [0.5, 0.6) is 0 Å². The number of amides is 1. The second kappa shape index (κ2) is 4.49. The van der Waals surface area contributed by atoms with E-state index in [2.05, 4.69) is 10.3 Å². The first-order valence-electron chi connectivity index (χ1n) is 6.20. The van der Waals surface area contributed by atoms with Crippen LogP contribution in [-0.2, 0) is 16.0 Å². The molecular formula is C13H15N3O2. The zero-order valence-corrected chi connectivity index (χ0v) is 10.0. The van der Waals surface area contributed by atoms with Gasteiger partial charge < -0.3 is 10.2 Å². The third kappa shape index (κ3) is 1.90. The molecule has 5 heteroatoms. The number of Topliss-reactive ketones (excluding diaryl/α,β-unsaturated/α-hetero) is 1. The lowest BCUT2D eigenvalue weighted by Crippen LogP contribution is -2.39. The molecule has 2 aliphatic rings. The summed E-state index contributed by atoms with van der Waals surface area (Å²) in [6, 6.07) is 3.62. The fourth-order valence-electron chi connectivity index (χ4n) is 2.79. The summed E-state index contributed by atoms with van der Waals surface area (Å²) in [4.78, 5) is 29.7. The summed E-state index contributed by atoms with van der Waals surface area (Å²) < 4.78 is 0. The van der Waals surface area contributed by atoms with Gasteiger partial charge >= 0.3 is 0 Å². The number of nitrogens with zero attached hydrogens (tertiary/aromatic N) is 2. The lowest BCUT2D eigenvalue weighted by molar-refractivity contribution is -0.132. The molecule has 94 valence electrons. The molecule has 2 unspecified atom stereocenters. The molecular weight excluding hydrogens is 230 g/mol. The minimum atomic E-state index is -0.136. The molecule has 0 radical (unpaired) electrons. The van der Waals surface area contributed by atoms with Crippen molar-refractivity contribution in [2.24, 2.45) is 0 Å².